The molecule has 1 aromatic heterocycles. The third-order valence-corrected chi connectivity index (χ3v) is 4.02. The van der Waals surface area contributed by atoms with Crippen molar-refractivity contribution in [1.29, 1.82) is 0 Å². The van der Waals surface area contributed by atoms with Crippen molar-refractivity contribution in [2.45, 2.75) is 39.2 Å². The highest BCUT2D eigenvalue weighted by Crippen LogP contribution is 2.10. The topological polar surface area (TPSA) is 46.3 Å². The fourth-order valence-electron chi connectivity index (χ4n) is 1.68. The van der Waals surface area contributed by atoms with Crippen LogP contribution < -0.4 is 5.73 Å². The first-order valence-electron chi connectivity index (χ1n) is 6.51. The summed E-state index contributed by atoms with van der Waals surface area (Å²) in [5, 5.41) is 4.15. The molecule has 0 aliphatic carbocycles. The van der Waals surface area contributed by atoms with Crippen LogP contribution in [-0.4, -0.2) is 30.4 Å². The Morgan fingerprint density at radius 3 is 2.78 bits per heavy atom. The first-order valence-corrected chi connectivity index (χ1v) is 7.45. The number of hydrogen-bond donors (Lipinski definition) is 1. The molecule has 1 heterocycles. The van der Waals surface area contributed by atoms with Gasteiger partial charge in [0.15, 0.2) is 0 Å². The Morgan fingerprint density at radius 2 is 2.22 bits per heavy atom. The number of rotatable bonds is 7. The Hall–Kier alpha value is -0.870. The van der Waals surface area contributed by atoms with Crippen molar-refractivity contribution >= 4 is 17.2 Å². The molecule has 1 rings (SSSR count). The van der Waals surface area contributed by atoms with Gasteiger partial charge in [-0.05, 0) is 41.1 Å². The molecule has 1 unspecified atom stereocenters. The van der Waals surface area contributed by atoms with Crippen LogP contribution in [0.1, 0.15) is 32.3 Å². The van der Waals surface area contributed by atoms with Gasteiger partial charge >= 0.3 is 0 Å². The lowest BCUT2D eigenvalue weighted by molar-refractivity contribution is -0.129. The van der Waals surface area contributed by atoms with Gasteiger partial charge in [0.2, 0.25) is 5.91 Å². The summed E-state index contributed by atoms with van der Waals surface area (Å²) in [6, 6.07) is 2.25. The third kappa shape index (κ3) is 5.19. The molecule has 0 bridgehead atoms. The molecule has 0 radical (unpaired) electrons. The molecule has 0 fully saturated rings. The lowest BCUT2D eigenvalue weighted by Crippen LogP contribution is -2.34. The molecule has 0 saturated carbocycles. The summed E-state index contributed by atoms with van der Waals surface area (Å²) in [5.74, 6) is 0.677. The first-order chi connectivity index (χ1) is 8.50. The number of carbonyl (C=O) groups excluding carboxylic acids is 1. The Balaban J connectivity index is 2.24. The highest BCUT2D eigenvalue weighted by atomic mass is 32.1. The van der Waals surface area contributed by atoms with E-state index in [4.69, 9.17) is 5.73 Å². The predicted molar refractivity (Wildman–Crippen MR) is 77.7 cm³/mol. The number of thiophene rings is 1. The molecular formula is C14H24N2OS. The van der Waals surface area contributed by atoms with Crippen molar-refractivity contribution in [3.05, 3.63) is 22.4 Å². The maximum Gasteiger partial charge on any atom is 0.222 e. The van der Waals surface area contributed by atoms with Crippen LogP contribution in [0, 0.1) is 5.92 Å². The summed E-state index contributed by atoms with van der Waals surface area (Å²) >= 11 is 1.68. The molecule has 3 nitrogen and oxygen atoms in total. The zero-order valence-electron chi connectivity index (χ0n) is 11.6. The average Bonchev–Trinajstić information content (AvgIpc) is 2.85. The Morgan fingerprint density at radius 1 is 1.50 bits per heavy atom. The molecule has 1 aromatic rings. The molecule has 0 aliphatic rings. The first kappa shape index (κ1) is 15.2. The number of hydrogen-bond acceptors (Lipinski definition) is 3. The van der Waals surface area contributed by atoms with Crippen molar-refractivity contribution in [1.82, 2.24) is 4.90 Å². The van der Waals surface area contributed by atoms with Gasteiger partial charge in [-0.1, -0.05) is 13.8 Å². The molecule has 102 valence electrons. The number of aryl methyl sites for hydroxylation is 1. The van der Waals surface area contributed by atoms with Gasteiger partial charge in [0.25, 0.3) is 0 Å². The zero-order valence-corrected chi connectivity index (χ0v) is 12.4. The van der Waals surface area contributed by atoms with Crippen LogP contribution in [0.5, 0.6) is 0 Å². The van der Waals surface area contributed by atoms with Crippen molar-refractivity contribution in [2.24, 2.45) is 11.7 Å². The van der Waals surface area contributed by atoms with E-state index in [-0.39, 0.29) is 11.9 Å². The van der Waals surface area contributed by atoms with Crippen LogP contribution in [0.15, 0.2) is 16.8 Å². The lowest BCUT2D eigenvalue weighted by atomic mass is 10.0. The van der Waals surface area contributed by atoms with Gasteiger partial charge < -0.3 is 10.6 Å². The molecule has 18 heavy (non-hydrogen) atoms. The second-order valence-corrected chi connectivity index (χ2v) is 5.92. The van der Waals surface area contributed by atoms with Crippen molar-refractivity contribution < 1.29 is 4.79 Å². The number of nitrogens with two attached hydrogens (primary N) is 1. The summed E-state index contributed by atoms with van der Waals surface area (Å²) in [6.07, 6.45) is 2.30. The van der Waals surface area contributed by atoms with E-state index in [2.05, 4.69) is 25.3 Å². The van der Waals surface area contributed by atoms with Gasteiger partial charge in [-0.3, -0.25) is 4.79 Å². The lowest BCUT2D eigenvalue weighted by Gasteiger charge is -2.21. The smallest absolute Gasteiger partial charge is 0.222 e. The molecule has 0 aromatic carbocycles. The fraction of sp³-hybridized carbons (Fsp3) is 0.643. The van der Waals surface area contributed by atoms with Crippen LogP contribution in [0.2, 0.25) is 0 Å². The Labute approximate surface area is 114 Å². The zero-order chi connectivity index (χ0) is 13.5. The summed E-state index contributed by atoms with van der Waals surface area (Å²) in [7, 11) is 1.86. The third-order valence-electron chi connectivity index (χ3n) is 3.29. The molecule has 1 atom stereocenters. The van der Waals surface area contributed by atoms with Gasteiger partial charge in [-0.15, -0.1) is 0 Å². The Bertz CT molecular complexity index is 349. The van der Waals surface area contributed by atoms with Crippen LogP contribution in [0.25, 0.3) is 0 Å². The molecule has 0 saturated heterocycles. The van der Waals surface area contributed by atoms with E-state index in [9.17, 15) is 4.79 Å². The van der Waals surface area contributed by atoms with Gasteiger partial charge in [-0.2, -0.15) is 11.3 Å². The molecule has 1 amide bonds. The van der Waals surface area contributed by atoms with E-state index >= 15 is 0 Å². The minimum Gasteiger partial charge on any atom is -0.346 e. The minimum atomic E-state index is 0.178. The highest BCUT2D eigenvalue weighted by Gasteiger charge is 2.12. The summed E-state index contributed by atoms with van der Waals surface area (Å²) in [6.45, 7) is 4.98. The number of amides is 1. The van der Waals surface area contributed by atoms with Crippen LogP contribution >= 0.6 is 11.3 Å². The Kier molecular flexibility index (Phi) is 6.36. The second-order valence-electron chi connectivity index (χ2n) is 5.14. The average molecular weight is 268 g/mol. The maximum atomic E-state index is 11.9. The second kappa shape index (κ2) is 7.54. The molecule has 4 heteroatoms. The van der Waals surface area contributed by atoms with Crippen LogP contribution in [-0.2, 0) is 11.2 Å². The van der Waals surface area contributed by atoms with E-state index in [1.165, 1.54) is 5.56 Å². The molecule has 0 aliphatic heterocycles. The van der Waals surface area contributed by atoms with E-state index in [0.717, 1.165) is 19.4 Å². The summed E-state index contributed by atoms with van der Waals surface area (Å²) < 4.78 is 0. The van der Waals surface area contributed by atoms with Crippen molar-refractivity contribution in [2.75, 3.05) is 13.6 Å². The summed E-state index contributed by atoms with van der Waals surface area (Å²) in [5.41, 5.74) is 7.23. The van der Waals surface area contributed by atoms with Gasteiger partial charge in [-0.25, -0.2) is 0 Å². The van der Waals surface area contributed by atoms with Crippen molar-refractivity contribution in [3.8, 4) is 0 Å². The standard InChI is InChI=1S/C14H24N2OS/c1-11(2)13(15)6-8-16(3)14(17)5-4-12-7-9-18-10-12/h7,9-11,13H,4-6,8,15H2,1-3H3. The van der Waals surface area contributed by atoms with E-state index < -0.39 is 0 Å². The quantitative estimate of drug-likeness (QED) is 0.826. The molecule has 2 N–H and O–H groups in total. The van der Waals surface area contributed by atoms with Crippen LogP contribution in [0.4, 0.5) is 0 Å². The SMILES string of the molecule is CC(C)C(N)CCN(C)C(=O)CCc1ccsc1. The predicted octanol–water partition coefficient (Wildman–Crippen LogP) is 2.51. The maximum absolute atomic E-state index is 11.9. The van der Waals surface area contributed by atoms with E-state index in [0.29, 0.717) is 12.3 Å². The van der Waals surface area contributed by atoms with E-state index in [1.54, 1.807) is 16.2 Å². The van der Waals surface area contributed by atoms with Gasteiger partial charge in [0.1, 0.15) is 0 Å². The molecular weight excluding hydrogens is 244 g/mol. The monoisotopic (exact) mass is 268 g/mol. The minimum absolute atomic E-state index is 0.178. The van der Waals surface area contributed by atoms with Gasteiger partial charge in [0.05, 0.1) is 0 Å². The van der Waals surface area contributed by atoms with Crippen LogP contribution in [0.3, 0.4) is 0 Å². The molecule has 0 spiro atoms. The number of nitrogens with zero attached hydrogens (tertiary/aromatic N) is 1. The fourth-order valence-corrected chi connectivity index (χ4v) is 2.38. The largest absolute Gasteiger partial charge is 0.346 e. The highest BCUT2D eigenvalue weighted by molar-refractivity contribution is 7.07. The summed E-state index contributed by atoms with van der Waals surface area (Å²) in [4.78, 5) is 13.7. The van der Waals surface area contributed by atoms with E-state index in [1.807, 2.05) is 12.4 Å². The van der Waals surface area contributed by atoms with Crippen molar-refractivity contribution in [3.63, 3.8) is 0 Å². The number of carbonyl (C=O) groups is 1. The normalized spacial score (nSPS) is 12.7. The van der Waals surface area contributed by atoms with Gasteiger partial charge in [0, 0.05) is 26.1 Å².